The minimum Gasteiger partial charge on any atom is -0.399 e. The molecule has 0 spiro atoms. The fourth-order valence-corrected chi connectivity index (χ4v) is 3.43. The standard InChI is InChI=1S/C15H17ClN2O2S/c1-11-4-3-5-14(8-11)21(19,20)18(2)10-12-9-13(17)6-7-15(12)16/h3-9H,10,17H2,1-2H3. The Kier molecular flexibility index (Phi) is 4.56. The van der Waals surface area contributed by atoms with Gasteiger partial charge in [-0.25, -0.2) is 8.42 Å². The van der Waals surface area contributed by atoms with Crippen LogP contribution in [0, 0.1) is 6.92 Å². The molecule has 112 valence electrons. The SMILES string of the molecule is Cc1cccc(S(=O)(=O)N(C)Cc2cc(N)ccc2Cl)c1. The van der Waals surface area contributed by atoms with E-state index in [-0.39, 0.29) is 11.4 Å². The summed E-state index contributed by atoms with van der Waals surface area (Å²) < 4.78 is 26.3. The van der Waals surface area contributed by atoms with Crippen LogP contribution in [0.5, 0.6) is 0 Å². The third kappa shape index (κ3) is 3.56. The van der Waals surface area contributed by atoms with E-state index in [0.717, 1.165) is 5.56 Å². The fraction of sp³-hybridized carbons (Fsp3) is 0.200. The van der Waals surface area contributed by atoms with Crippen molar-refractivity contribution < 1.29 is 8.42 Å². The van der Waals surface area contributed by atoms with Gasteiger partial charge in [-0.2, -0.15) is 4.31 Å². The van der Waals surface area contributed by atoms with Crippen LogP contribution in [0.15, 0.2) is 47.4 Å². The number of sulfonamides is 1. The summed E-state index contributed by atoms with van der Waals surface area (Å²) in [4.78, 5) is 0.269. The zero-order valence-electron chi connectivity index (χ0n) is 11.9. The maximum atomic E-state index is 12.5. The van der Waals surface area contributed by atoms with Crippen molar-refractivity contribution in [2.45, 2.75) is 18.4 Å². The molecule has 0 aliphatic carbocycles. The van der Waals surface area contributed by atoms with Crippen molar-refractivity contribution in [3.05, 3.63) is 58.6 Å². The highest BCUT2D eigenvalue weighted by atomic mass is 35.5. The van der Waals surface area contributed by atoms with E-state index in [9.17, 15) is 8.42 Å². The van der Waals surface area contributed by atoms with Gasteiger partial charge in [0.25, 0.3) is 0 Å². The molecule has 0 heterocycles. The Labute approximate surface area is 130 Å². The van der Waals surface area contributed by atoms with Crippen molar-refractivity contribution >= 4 is 27.3 Å². The van der Waals surface area contributed by atoms with Crippen molar-refractivity contribution in [3.63, 3.8) is 0 Å². The molecule has 0 bridgehead atoms. The summed E-state index contributed by atoms with van der Waals surface area (Å²) in [5, 5.41) is 0.496. The topological polar surface area (TPSA) is 63.4 Å². The van der Waals surface area contributed by atoms with Crippen molar-refractivity contribution in [2.75, 3.05) is 12.8 Å². The number of nitrogens with zero attached hydrogens (tertiary/aromatic N) is 1. The lowest BCUT2D eigenvalue weighted by molar-refractivity contribution is 0.467. The summed E-state index contributed by atoms with van der Waals surface area (Å²) in [5.74, 6) is 0. The third-order valence-corrected chi connectivity index (χ3v) is 5.33. The van der Waals surface area contributed by atoms with Gasteiger partial charge in [-0.1, -0.05) is 23.7 Å². The molecule has 0 radical (unpaired) electrons. The number of anilines is 1. The second-order valence-corrected chi connectivity index (χ2v) is 7.38. The molecule has 0 fully saturated rings. The van der Waals surface area contributed by atoms with Crippen LogP contribution in [0.1, 0.15) is 11.1 Å². The van der Waals surface area contributed by atoms with Crippen LogP contribution in [-0.4, -0.2) is 19.8 Å². The minimum absolute atomic E-state index is 0.167. The van der Waals surface area contributed by atoms with E-state index in [1.807, 2.05) is 13.0 Å². The minimum atomic E-state index is -3.56. The Morgan fingerprint density at radius 1 is 1.19 bits per heavy atom. The summed E-state index contributed by atoms with van der Waals surface area (Å²) in [5.41, 5.74) is 7.84. The van der Waals surface area contributed by atoms with Crippen molar-refractivity contribution in [1.82, 2.24) is 4.31 Å². The second kappa shape index (κ2) is 6.05. The lowest BCUT2D eigenvalue weighted by atomic mass is 10.2. The highest BCUT2D eigenvalue weighted by molar-refractivity contribution is 7.89. The number of halogens is 1. The quantitative estimate of drug-likeness (QED) is 0.879. The van der Waals surface area contributed by atoms with Crippen LogP contribution in [0.3, 0.4) is 0 Å². The van der Waals surface area contributed by atoms with Crippen LogP contribution >= 0.6 is 11.6 Å². The Morgan fingerprint density at radius 2 is 1.90 bits per heavy atom. The smallest absolute Gasteiger partial charge is 0.243 e. The predicted octanol–water partition coefficient (Wildman–Crippen LogP) is 3.05. The van der Waals surface area contributed by atoms with Gasteiger partial charge in [-0.3, -0.25) is 0 Å². The first-order chi connectivity index (χ1) is 9.80. The number of hydrogen-bond acceptors (Lipinski definition) is 3. The zero-order valence-corrected chi connectivity index (χ0v) is 13.4. The van der Waals surface area contributed by atoms with Crippen LogP contribution in [-0.2, 0) is 16.6 Å². The summed E-state index contributed by atoms with van der Waals surface area (Å²) >= 11 is 6.08. The van der Waals surface area contributed by atoms with Crippen molar-refractivity contribution in [2.24, 2.45) is 0 Å². The Bertz CT molecular complexity index is 760. The maximum Gasteiger partial charge on any atom is 0.243 e. The molecule has 0 saturated carbocycles. The lowest BCUT2D eigenvalue weighted by Gasteiger charge is -2.18. The highest BCUT2D eigenvalue weighted by Gasteiger charge is 2.21. The first-order valence-electron chi connectivity index (χ1n) is 6.37. The van der Waals surface area contributed by atoms with Gasteiger partial charge >= 0.3 is 0 Å². The van der Waals surface area contributed by atoms with E-state index in [1.165, 1.54) is 11.4 Å². The van der Waals surface area contributed by atoms with Crippen LogP contribution in [0.2, 0.25) is 5.02 Å². The number of nitrogen functional groups attached to an aromatic ring is 1. The molecule has 2 rings (SSSR count). The predicted molar refractivity (Wildman–Crippen MR) is 85.7 cm³/mol. The molecule has 2 aromatic rings. The lowest BCUT2D eigenvalue weighted by Crippen LogP contribution is -2.26. The van der Waals surface area contributed by atoms with E-state index in [4.69, 9.17) is 17.3 Å². The molecule has 0 aliphatic heterocycles. The number of hydrogen-bond donors (Lipinski definition) is 1. The Balaban J connectivity index is 2.31. The Morgan fingerprint density at radius 3 is 2.57 bits per heavy atom. The summed E-state index contributed by atoms with van der Waals surface area (Å²) in [7, 11) is -2.03. The van der Waals surface area contributed by atoms with Crippen molar-refractivity contribution in [3.8, 4) is 0 Å². The zero-order chi connectivity index (χ0) is 15.6. The molecule has 0 aliphatic rings. The molecule has 21 heavy (non-hydrogen) atoms. The second-order valence-electron chi connectivity index (χ2n) is 4.93. The summed E-state index contributed by atoms with van der Waals surface area (Å²) in [6, 6.07) is 11.8. The molecule has 0 aromatic heterocycles. The molecule has 6 heteroatoms. The highest BCUT2D eigenvalue weighted by Crippen LogP contribution is 2.23. The van der Waals surface area contributed by atoms with Gasteiger partial charge in [0.2, 0.25) is 10.0 Å². The van der Waals surface area contributed by atoms with Crippen LogP contribution in [0.25, 0.3) is 0 Å². The molecule has 0 saturated heterocycles. The van der Waals surface area contributed by atoms with Crippen LogP contribution in [0.4, 0.5) is 5.69 Å². The average Bonchev–Trinajstić information content (AvgIpc) is 2.42. The number of rotatable bonds is 4. The summed E-state index contributed by atoms with van der Waals surface area (Å²) in [6.07, 6.45) is 0. The van der Waals surface area contributed by atoms with Crippen LogP contribution < -0.4 is 5.73 Å². The average molecular weight is 325 g/mol. The number of benzene rings is 2. The summed E-state index contributed by atoms with van der Waals surface area (Å²) in [6.45, 7) is 2.02. The first-order valence-corrected chi connectivity index (χ1v) is 8.19. The van der Waals surface area contributed by atoms with Gasteiger partial charge in [0.15, 0.2) is 0 Å². The molecule has 4 nitrogen and oxygen atoms in total. The molecular weight excluding hydrogens is 308 g/mol. The number of nitrogens with two attached hydrogens (primary N) is 1. The molecule has 0 atom stereocenters. The molecular formula is C15H17ClN2O2S. The van der Waals surface area contributed by atoms with Gasteiger partial charge in [-0.05, 0) is 48.4 Å². The van der Waals surface area contributed by atoms with E-state index in [2.05, 4.69) is 0 Å². The molecule has 0 unspecified atom stereocenters. The van der Waals surface area contributed by atoms with Crippen molar-refractivity contribution in [1.29, 1.82) is 0 Å². The molecule has 0 amide bonds. The maximum absolute atomic E-state index is 12.5. The van der Waals surface area contributed by atoms with E-state index >= 15 is 0 Å². The van der Waals surface area contributed by atoms with Gasteiger partial charge in [0.1, 0.15) is 0 Å². The molecule has 2 N–H and O–H groups in total. The van der Waals surface area contributed by atoms with Gasteiger partial charge < -0.3 is 5.73 Å². The normalized spacial score (nSPS) is 11.8. The fourth-order valence-electron chi connectivity index (χ4n) is 2.00. The van der Waals surface area contributed by atoms with Gasteiger partial charge in [-0.15, -0.1) is 0 Å². The Hall–Kier alpha value is -1.56. The largest absolute Gasteiger partial charge is 0.399 e. The van der Waals surface area contributed by atoms with Gasteiger partial charge in [0.05, 0.1) is 4.90 Å². The van der Waals surface area contributed by atoms with E-state index in [1.54, 1.807) is 36.4 Å². The number of aryl methyl sites for hydroxylation is 1. The molecule has 2 aromatic carbocycles. The van der Waals surface area contributed by atoms with Gasteiger partial charge in [0, 0.05) is 24.3 Å². The monoisotopic (exact) mass is 324 g/mol. The van der Waals surface area contributed by atoms with E-state index < -0.39 is 10.0 Å². The van der Waals surface area contributed by atoms with E-state index in [0.29, 0.717) is 16.3 Å². The third-order valence-electron chi connectivity index (χ3n) is 3.16. The first kappa shape index (κ1) is 15.8.